The van der Waals surface area contributed by atoms with Gasteiger partial charge in [0, 0.05) is 29.2 Å². The predicted octanol–water partition coefficient (Wildman–Crippen LogP) is 2.91. The van der Waals surface area contributed by atoms with Gasteiger partial charge in [0.1, 0.15) is 0 Å². The van der Waals surface area contributed by atoms with Crippen molar-refractivity contribution in [3.63, 3.8) is 0 Å². The second-order valence-corrected chi connectivity index (χ2v) is 5.92. The number of hydrogen-bond acceptors (Lipinski definition) is 2. The van der Waals surface area contributed by atoms with Crippen molar-refractivity contribution in [2.45, 2.75) is 33.7 Å². The molecule has 1 amide bonds. The summed E-state index contributed by atoms with van der Waals surface area (Å²) in [6.45, 7) is 7.86. The molecule has 0 saturated heterocycles. The Bertz CT molecular complexity index is 712. The van der Waals surface area contributed by atoms with Crippen molar-refractivity contribution in [1.82, 2.24) is 9.88 Å². The van der Waals surface area contributed by atoms with E-state index >= 15 is 0 Å². The molecule has 4 nitrogen and oxygen atoms in total. The second kappa shape index (κ2) is 7.29. The normalized spacial score (nSPS) is 12.6. The molecule has 2 aromatic rings. The predicted molar refractivity (Wildman–Crippen MR) is 93.7 cm³/mol. The van der Waals surface area contributed by atoms with Crippen molar-refractivity contribution in [2.24, 2.45) is 0 Å². The molecule has 2 rings (SSSR count). The second-order valence-electron chi connectivity index (χ2n) is 5.92. The molecule has 0 fully saturated rings. The van der Waals surface area contributed by atoms with Crippen LogP contribution in [0.3, 0.4) is 0 Å². The van der Waals surface area contributed by atoms with Crippen molar-refractivity contribution < 1.29 is 9.90 Å². The Morgan fingerprint density at radius 3 is 2.52 bits per heavy atom. The van der Waals surface area contributed by atoms with Crippen LogP contribution >= 0.6 is 0 Å². The highest BCUT2D eigenvalue weighted by molar-refractivity contribution is 5.92. The van der Waals surface area contributed by atoms with E-state index in [1.807, 2.05) is 13.0 Å². The van der Waals surface area contributed by atoms with Gasteiger partial charge in [0.15, 0.2) is 0 Å². The minimum absolute atomic E-state index is 0.0679. The van der Waals surface area contributed by atoms with Crippen LogP contribution in [0, 0.1) is 20.8 Å². The van der Waals surface area contributed by atoms with E-state index in [1.165, 1.54) is 11.6 Å². The van der Waals surface area contributed by atoms with E-state index in [0.717, 1.165) is 22.6 Å². The Hall–Kier alpha value is -2.33. The summed E-state index contributed by atoms with van der Waals surface area (Å²) in [5, 5.41) is 11.7. The molecule has 0 aliphatic carbocycles. The average molecular weight is 312 g/mol. The molecule has 0 saturated carbocycles. The number of aromatic nitrogens is 1. The smallest absolute Gasteiger partial charge is 0.244 e. The average Bonchev–Trinajstić information content (AvgIpc) is 2.80. The van der Waals surface area contributed by atoms with Crippen LogP contribution in [-0.4, -0.2) is 28.2 Å². The first-order valence-corrected chi connectivity index (χ1v) is 7.77. The van der Waals surface area contributed by atoms with Gasteiger partial charge in [-0.05, 0) is 57.5 Å². The first-order valence-electron chi connectivity index (χ1n) is 7.77. The summed E-state index contributed by atoms with van der Waals surface area (Å²) in [6, 6.07) is 10.2. The molecular formula is C19H24N2O2. The van der Waals surface area contributed by atoms with E-state index in [4.69, 9.17) is 5.11 Å². The van der Waals surface area contributed by atoms with Crippen LogP contribution in [0.1, 0.15) is 29.4 Å². The highest BCUT2D eigenvalue weighted by Gasteiger charge is 2.09. The molecule has 2 N–H and O–H groups in total. The lowest BCUT2D eigenvalue weighted by Crippen LogP contribution is -2.33. The molecule has 4 heteroatoms. The lowest BCUT2D eigenvalue weighted by atomic mass is 10.2. The van der Waals surface area contributed by atoms with E-state index in [9.17, 15) is 4.79 Å². The van der Waals surface area contributed by atoms with Crippen LogP contribution in [-0.2, 0) is 4.79 Å². The van der Waals surface area contributed by atoms with Crippen molar-refractivity contribution in [3.8, 4) is 5.69 Å². The Labute approximate surface area is 137 Å². The van der Waals surface area contributed by atoms with E-state index < -0.39 is 0 Å². The van der Waals surface area contributed by atoms with Gasteiger partial charge in [0.2, 0.25) is 5.91 Å². The van der Waals surface area contributed by atoms with E-state index in [1.54, 1.807) is 6.92 Å². The van der Waals surface area contributed by atoms with E-state index in [2.05, 4.69) is 54.1 Å². The lowest BCUT2D eigenvalue weighted by Gasteiger charge is -2.10. The molecule has 122 valence electrons. The number of carbonyl (C=O) groups is 1. The topological polar surface area (TPSA) is 54.3 Å². The van der Waals surface area contributed by atoms with Gasteiger partial charge in [-0.3, -0.25) is 4.79 Å². The molecule has 0 radical (unpaired) electrons. The molecule has 1 heterocycles. The van der Waals surface area contributed by atoms with Crippen molar-refractivity contribution in [3.05, 3.63) is 58.9 Å². The summed E-state index contributed by atoms with van der Waals surface area (Å²) in [5.74, 6) is -0.202. The Morgan fingerprint density at radius 2 is 1.91 bits per heavy atom. The third-order valence-electron chi connectivity index (χ3n) is 3.84. The van der Waals surface area contributed by atoms with Gasteiger partial charge in [-0.1, -0.05) is 17.7 Å². The number of nitrogens with zero attached hydrogens (tertiary/aromatic N) is 1. The van der Waals surface area contributed by atoms with Crippen LogP contribution < -0.4 is 5.32 Å². The Morgan fingerprint density at radius 1 is 1.26 bits per heavy atom. The monoisotopic (exact) mass is 312 g/mol. The third-order valence-corrected chi connectivity index (χ3v) is 3.84. The maximum absolute atomic E-state index is 11.8. The van der Waals surface area contributed by atoms with Crippen LogP contribution in [0.5, 0.6) is 0 Å². The van der Waals surface area contributed by atoms with Crippen LogP contribution in [0.2, 0.25) is 0 Å². The zero-order valence-electron chi connectivity index (χ0n) is 14.1. The molecule has 1 atom stereocenters. The van der Waals surface area contributed by atoms with Crippen molar-refractivity contribution in [1.29, 1.82) is 0 Å². The van der Waals surface area contributed by atoms with Crippen LogP contribution in [0.25, 0.3) is 11.8 Å². The molecule has 23 heavy (non-hydrogen) atoms. The summed E-state index contributed by atoms with van der Waals surface area (Å²) in [7, 11) is 0. The van der Waals surface area contributed by atoms with Crippen LogP contribution in [0.15, 0.2) is 36.4 Å². The number of amides is 1. The summed E-state index contributed by atoms with van der Waals surface area (Å²) in [6.07, 6.45) is 3.32. The molecule has 1 aromatic heterocycles. The number of carbonyl (C=O) groups excluding carboxylic acids is 1. The first kappa shape index (κ1) is 17.0. The number of aliphatic hydroxyl groups excluding tert-OH is 1. The Balaban J connectivity index is 2.24. The fourth-order valence-electron chi connectivity index (χ4n) is 2.55. The van der Waals surface area contributed by atoms with Gasteiger partial charge < -0.3 is 15.0 Å². The summed E-state index contributed by atoms with van der Waals surface area (Å²) in [4.78, 5) is 11.8. The number of nitrogens with one attached hydrogen (secondary N) is 1. The zero-order valence-corrected chi connectivity index (χ0v) is 14.1. The number of rotatable bonds is 5. The van der Waals surface area contributed by atoms with Gasteiger partial charge in [0.25, 0.3) is 0 Å². The maximum Gasteiger partial charge on any atom is 0.244 e. The molecule has 0 bridgehead atoms. The molecule has 0 aliphatic heterocycles. The summed E-state index contributed by atoms with van der Waals surface area (Å²) < 4.78 is 2.17. The standard InChI is InChI=1S/C19H24N2O2/c1-13-5-8-18(9-6-13)21-15(3)11-17(16(21)4)7-10-19(23)20-14(2)12-22/h5-11,14,22H,12H2,1-4H3,(H,20,23)/b10-7+. The number of aryl methyl sites for hydroxylation is 2. The van der Waals surface area contributed by atoms with Crippen molar-refractivity contribution in [2.75, 3.05) is 6.61 Å². The fourth-order valence-corrected chi connectivity index (χ4v) is 2.55. The SMILES string of the molecule is Cc1ccc(-n2c(C)cc(/C=C/C(=O)NC(C)CO)c2C)cc1. The number of hydrogen-bond donors (Lipinski definition) is 2. The third kappa shape index (κ3) is 4.11. The zero-order chi connectivity index (χ0) is 17.0. The van der Waals surface area contributed by atoms with Gasteiger partial charge in [-0.15, -0.1) is 0 Å². The number of aliphatic hydroxyl groups is 1. The molecule has 0 aliphatic rings. The maximum atomic E-state index is 11.8. The van der Waals surface area contributed by atoms with Gasteiger partial charge in [0.05, 0.1) is 6.61 Å². The van der Waals surface area contributed by atoms with Gasteiger partial charge >= 0.3 is 0 Å². The summed E-state index contributed by atoms with van der Waals surface area (Å²) >= 11 is 0. The van der Waals surface area contributed by atoms with E-state index in [0.29, 0.717) is 0 Å². The minimum atomic E-state index is -0.243. The molecule has 1 aromatic carbocycles. The van der Waals surface area contributed by atoms with E-state index in [-0.39, 0.29) is 18.6 Å². The van der Waals surface area contributed by atoms with Crippen LogP contribution in [0.4, 0.5) is 0 Å². The highest BCUT2D eigenvalue weighted by atomic mass is 16.3. The largest absolute Gasteiger partial charge is 0.394 e. The highest BCUT2D eigenvalue weighted by Crippen LogP contribution is 2.22. The fraction of sp³-hybridized carbons (Fsp3) is 0.316. The molecular weight excluding hydrogens is 288 g/mol. The Kier molecular flexibility index (Phi) is 5.40. The van der Waals surface area contributed by atoms with Gasteiger partial charge in [-0.2, -0.15) is 0 Å². The molecule has 0 spiro atoms. The lowest BCUT2D eigenvalue weighted by molar-refractivity contribution is -0.117. The summed E-state index contributed by atoms with van der Waals surface area (Å²) in [5.41, 5.74) is 5.56. The van der Waals surface area contributed by atoms with Crippen molar-refractivity contribution >= 4 is 12.0 Å². The van der Waals surface area contributed by atoms with Gasteiger partial charge in [-0.25, -0.2) is 0 Å². The first-order chi connectivity index (χ1) is 10.9. The minimum Gasteiger partial charge on any atom is -0.394 e. The quantitative estimate of drug-likeness (QED) is 0.834. The molecule has 1 unspecified atom stereocenters. The number of benzene rings is 1.